The Labute approximate surface area is 121 Å². The van der Waals surface area contributed by atoms with Crippen LogP contribution >= 0.6 is 11.3 Å². The highest BCUT2D eigenvalue weighted by Gasteiger charge is 2.30. The lowest BCUT2D eigenvalue weighted by Crippen LogP contribution is -2.29. The zero-order chi connectivity index (χ0) is 14.1. The molecule has 0 spiro atoms. The van der Waals surface area contributed by atoms with Gasteiger partial charge in [-0.15, -0.1) is 11.3 Å². The minimum absolute atomic E-state index is 0.109. The number of aromatic amines is 1. The third-order valence-electron chi connectivity index (χ3n) is 3.64. The highest BCUT2D eigenvalue weighted by molar-refractivity contribution is 7.09. The van der Waals surface area contributed by atoms with Crippen LogP contribution in [0.1, 0.15) is 39.8 Å². The number of likely N-dealkylation sites (N-methyl/N-ethyl adjacent to an activating group) is 1. The van der Waals surface area contributed by atoms with Crippen molar-refractivity contribution in [1.82, 2.24) is 15.1 Å². The van der Waals surface area contributed by atoms with Crippen molar-refractivity contribution in [2.24, 2.45) is 0 Å². The van der Waals surface area contributed by atoms with E-state index < -0.39 is 0 Å². The van der Waals surface area contributed by atoms with E-state index in [1.54, 1.807) is 23.3 Å². The summed E-state index contributed by atoms with van der Waals surface area (Å²) in [7, 11) is 1.79. The third-order valence-corrected chi connectivity index (χ3v) is 4.58. The van der Waals surface area contributed by atoms with Crippen LogP contribution in [0.5, 0.6) is 0 Å². The first-order valence-electron chi connectivity index (χ1n) is 6.78. The van der Waals surface area contributed by atoms with Gasteiger partial charge in [-0.25, -0.2) is 0 Å². The number of thiophene rings is 1. The largest absolute Gasteiger partial charge is 0.395 e. The van der Waals surface area contributed by atoms with Crippen LogP contribution in [0.25, 0.3) is 0 Å². The van der Waals surface area contributed by atoms with Gasteiger partial charge in [0.05, 0.1) is 11.4 Å². The van der Waals surface area contributed by atoms with Crippen molar-refractivity contribution < 1.29 is 4.79 Å². The van der Waals surface area contributed by atoms with Crippen LogP contribution < -0.4 is 5.73 Å². The monoisotopic (exact) mass is 290 g/mol. The number of nitrogens with zero attached hydrogens (tertiary/aromatic N) is 2. The van der Waals surface area contributed by atoms with Crippen LogP contribution in [0.3, 0.4) is 0 Å². The van der Waals surface area contributed by atoms with Crippen LogP contribution in [-0.2, 0) is 6.42 Å². The number of aromatic nitrogens is 2. The number of nitrogens with two attached hydrogens (primary N) is 1. The maximum absolute atomic E-state index is 12.3. The second-order valence-electron chi connectivity index (χ2n) is 5.23. The summed E-state index contributed by atoms with van der Waals surface area (Å²) < 4.78 is 0. The van der Waals surface area contributed by atoms with Crippen LogP contribution in [-0.4, -0.2) is 34.6 Å². The highest BCUT2D eigenvalue weighted by Crippen LogP contribution is 2.42. The zero-order valence-corrected chi connectivity index (χ0v) is 12.2. The Morgan fingerprint density at radius 1 is 1.60 bits per heavy atom. The van der Waals surface area contributed by atoms with Gasteiger partial charge in [-0.3, -0.25) is 9.89 Å². The fraction of sp³-hybridized carbons (Fsp3) is 0.429. The lowest BCUT2D eigenvalue weighted by molar-refractivity contribution is 0.0792. The van der Waals surface area contributed by atoms with Crippen LogP contribution in [0, 0.1) is 0 Å². The van der Waals surface area contributed by atoms with Gasteiger partial charge in [0.1, 0.15) is 0 Å². The molecule has 1 aliphatic carbocycles. The van der Waals surface area contributed by atoms with E-state index in [0.29, 0.717) is 23.8 Å². The van der Waals surface area contributed by atoms with E-state index in [2.05, 4.69) is 16.3 Å². The first-order chi connectivity index (χ1) is 9.66. The molecule has 2 heterocycles. The van der Waals surface area contributed by atoms with Crippen molar-refractivity contribution in [3.8, 4) is 0 Å². The molecule has 0 saturated heterocycles. The molecule has 1 fully saturated rings. The molecule has 1 amide bonds. The molecular weight excluding hydrogens is 272 g/mol. The fourth-order valence-corrected chi connectivity index (χ4v) is 2.92. The van der Waals surface area contributed by atoms with Crippen molar-refractivity contribution in [3.63, 3.8) is 0 Å². The number of anilines is 1. The van der Waals surface area contributed by atoms with Gasteiger partial charge < -0.3 is 10.6 Å². The van der Waals surface area contributed by atoms with E-state index in [1.165, 1.54) is 4.88 Å². The molecule has 1 saturated carbocycles. The maximum atomic E-state index is 12.3. The lowest BCUT2D eigenvalue weighted by atomic mass is 10.2. The maximum Gasteiger partial charge on any atom is 0.276 e. The topological polar surface area (TPSA) is 75.0 Å². The molecule has 0 radical (unpaired) electrons. The number of hydrogen-bond donors (Lipinski definition) is 2. The Kier molecular flexibility index (Phi) is 3.48. The normalized spacial score (nSPS) is 14.4. The average Bonchev–Trinajstić information content (AvgIpc) is 3.00. The van der Waals surface area contributed by atoms with Crippen LogP contribution in [0.4, 0.5) is 5.69 Å². The molecule has 106 valence electrons. The summed E-state index contributed by atoms with van der Waals surface area (Å²) >= 11 is 1.71. The molecular formula is C14H18N4OS. The summed E-state index contributed by atoms with van der Waals surface area (Å²) in [4.78, 5) is 15.3. The van der Waals surface area contributed by atoms with E-state index in [9.17, 15) is 4.79 Å². The molecule has 20 heavy (non-hydrogen) atoms. The first-order valence-corrected chi connectivity index (χ1v) is 7.66. The molecule has 3 N–H and O–H groups in total. The summed E-state index contributed by atoms with van der Waals surface area (Å²) in [6.07, 6.45) is 3.13. The summed E-state index contributed by atoms with van der Waals surface area (Å²) in [5, 5.41) is 9.07. The smallest absolute Gasteiger partial charge is 0.276 e. The van der Waals surface area contributed by atoms with Gasteiger partial charge in [-0.1, -0.05) is 6.07 Å². The van der Waals surface area contributed by atoms with E-state index in [1.807, 2.05) is 11.4 Å². The van der Waals surface area contributed by atoms with E-state index >= 15 is 0 Å². The van der Waals surface area contributed by atoms with Gasteiger partial charge in [0.15, 0.2) is 5.69 Å². The molecule has 0 aliphatic heterocycles. The van der Waals surface area contributed by atoms with Crippen molar-refractivity contribution in [3.05, 3.63) is 33.8 Å². The standard InChI is InChI=1S/C14H18N4OS/c1-18(7-6-10-3-2-8-20-10)14(19)13-11(15)12(16-17-13)9-4-5-9/h2-3,8-9H,4-7,15H2,1H3,(H,16,17). The number of carbonyl (C=O) groups is 1. The molecule has 0 bridgehead atoms. The van der Waals surface area contributed by atoms with E-state index in [-0.39, 0.29) is 5.91 Å². The molecule has 2 aromatic rings. The van der Waals surface area contributed by atoms with Crippen LogP contribution in [0.15, 0.2) is 17.5 Å². The lowest BCUT2D eigenvalue weighted by Gasteiger charge is -2.15. The average molecular weight is 290 g/mol. The number of nitrogens with one attached hydrogen (secondary N) is 1. The Morgan fingerprint density at radius 2 is 2.40 bits per heavy atom. The zero-order valence-electron chi connectivity index (χ0n) is 11.4. The molecule has 1 aliphatic rings. The fourth-order valence-electron chi connectivity index (χ4n) is 2.23. The van der Waals surface area contributed by atoms with Gasteiger partial charge in [0, 0.05) is 24.4 Å². The Bertz CT molecular complexity index is 601. The van der Waals surface area contributed by atoms with E-state index in [4.69, 9.17) is 5.73 Å². The second-order valence-corrected chi connectivity index (χ2v) is 6.26. The number of hydrogen-bond acceptors (Lipinski definition) is 4. The summed E-state index contributed by atoms with van der Waals surface area (Å²) in [5.74, 6) is 0.364. The second kappa shape index (κ2) is 5.28. The number of nitrogen functional groups attached to an aromatic ring is 1. The molecule has 0 aromatic carbocycles. The predicted octanol–water partition coefficient (Wildman–Crippen LogP) is 2.25. The summed E-state index contributed by atoms with van der Waals surface area (Å²) in [6, 6.07) is 4.10. The number of rotatable bonds is 5. The number of H-pyrrole nitrogens is 1. The van der Waals surface area contributed by atoms with Gasteiger partial charge >= 0.3 is 0 Å². The summed E-state index contributed by atoms with van der Waals surface area (Å²) in [6.45, 7) is 0.671. The van der Waals surface area contributed by atoms with Gasteiger partial charge in [-0.05, 0) is 30.7 Å². The molecule has 5 nitrogen and oxygen atoms in total. The number of carbonyl (C=O) groups excluding carboxylic acids is 1. The molecule has 2 aromatic heterocycles. The van der Waals surface area contributed by atoms with Crippen molar-refractivity contribution in [2.45, 2.75) is 25.2 Å². The molecule has 3 rings (SSSR count). The highest BCUT2D eigenvalue weighted by atomic mass is 32.1. The van der Waals surface area contributed by atoms with Crippen LogP contribution in [0.2, 0.25) is 0 Å². The van der Waals surface area contributed by atoms with Crippen molar-refractivity contribution in [2.75, 3.05) is 19.3 Å². The Morgan fingerprint density at radius 3 is 3.05 bits per heavy atom. The van der Waals surface area contributed by atoms with Crippen molar-refractivity contribution >= 4 is 22.9 Å². The van der Waals surface area contributed by atoms with Gasteiger partial charge in [0.2, 0.25) is 0 Å². The third kappa shape index (κ3) is 2.56. The Hall–Kier alpha value is -1.82. The van der Waals surface area contributed by atoms with E-state index in [0.717, 1.165) is 25.0 Å². The SMILES string of the molecule is CN(CCc1cccs1)C(=O)c1n[nH]c(C2CC2)c1N. The molecule has 6 heteroatoms. The molecule has 0 unspecified atom stereocenters. The quantitative estimate of drug-likeness (QED) is 0.887. The minimum Gasteiger partial charge on any atom is -0.395 e. The van der Waals surface area contributed by atoms with Gasteiger partial charge in [-0.2, -0.15) is 5.10 Å². The number of amides is 1. The van der Waals surface area contributed by atoms with Gasteiger partial charge in [0.25, 0.3) is 5.91 Å². The van der Waals surface area contributed by atoms with Crippen molar-refractivity contribution in [1.29, 1.82) is 0 Å². The first kappa shape index (κ1) is 13.2. The Balaban J connectivity index is 1.65. The molecule has 0 atom stereocenters. The minimum atomic E-state index is -0.109. The summed E-state index contributed by atoms with van der Waals surface area (Å²) in [5.41, 5.74) is 7.85. The predicted molar refractivity (Wildman–Crippen MR) is 80.0 cm³/mol.